The fourth-order valence-electron chi connectivity index (χ4n) is 2.10. The van der Waals surface area contributed by atoms with Crippen LogP contribution in [0.1, 0.15) is 15.9 Å². The second kappa shape index (κ2) is 6.55. The van der Waals surface area contributed by atoms with Crippen LogP contribution in [-0.4, -0.2) is 17.2 Å². The number of nitrogens with zero attached hydrogens (tertiary/aromatic N) is 1. The fourth-order valence-corrected chi connectivity index (χ4v) is 2.28. The summed E-state index contributed by atoms with van der Waals surface area (Å²) in [7, 11) is 0. The van der Waals surface area contributed by atoms with Crippen LogP contribution in [0.3, 0.4) is 0 Å². The first-order valence-corrected chi connectivity index (χ1v) is 7.32. The number of phenols is 1. The van der Waals surface area contributed by atoms with Crippen molar-refractivity contribution in [2.45, 2.75) is 0 Å². The Hall–Kier alpha value is -3.12. The summed E-state index contributed by atoms with van der Waals surface area (Å²) in [6, 6.07) is 13.1. The highest BCUT2D eigenvalue weighted by molar-refractivity contribution is 6.30. The maximum absolute atomic E-state index is 12.2. The van der Waals surface area contributed by atoms with Gasteiger partial charge in [0.15, 0.2) is 0 Å². The largest absolute Gasteiger partial charge is 0.507 e. The third kappa shape index (κ3) is 3.28. The van der Waals surface area contributed by atoms with Crippen LogP contribution in [-0.2, 0) is 0 Å². The van der Waals surface area contributed by atoms with Crippen molar-refractivity contribution < 1.29 is 14.3 Å². The molecule has 0 unspecified atom stereocenters. The lowest BCUT2D eigenvalue weighted by Gasteiger charge is -2.03. The fraction of sp³-hybridized carbons (Fsp3) is 0. The number of halogens is 1. The Morgan fingerprint density at radius 2 is 2.04 bits per heavy atom. The Morgan fingerprint density at radius 3 is 2.88 bits per heavy atom. The van der Waals surface area contributed by atoms with E-state index in [1.165, 1.54) is 24.4 Å². The summed E-state index contributed by atoms with van der Waals surface area (Å²) in [5, 5.41) is 22.4. The van der Waals surface area contributed by atoms with Gasteiger partial charge >= 0.3 is 0 Å². The Bertz CT molecular complexity index is 1010. The number of hydrogen-bond donors (Lipinski definition) is 3. The van der Waals surface area contributed by atoms with Crippen LogP contribution in [0.2, 0.25) is 5.02 Å². The zero-order valence-electron chi connectivity index (χ0n) is 12.3. The molecule has 1 heterocycles. The number of carbonyl (C=O) groups excluding carboxylic acids is 1. The number of benzene rings is 2. The summed E-state index contributed by atoms with van der Waals surface area (Å²) in [6.07, 6.45) is 1.26. The van der Waals surface area contributed by atoms with Gasteiger partial charge in [0.05, 0.1) is 6.21 Å². The van der Waals surface area contributed by atoms with E-state index in [0.717, 1.165) is 0 Å². The second-order valence-electron chi connectivity index (χ2n) is 4.93. The molecule has 0 atom stereocenters. The first-order chi connectivity index (χ1) is 11.5. The SMILES string of the molecule is N=c1oc2ccccc2cc1C(=O)NN=Cc1cc(Cl)ccc1O. The normalized spacial score (nSPS) is 11.0. The molecule has 0 spiro atoms. The van der Waals surface area contributed by atoms with Crippen LogP contribution in [0.4, 0.5) is 0 Å². The number of para-hydroxylation sites is 1. The molecule has 1 aromatic heterocycles. The third-order valence-electron chi connectivity index (χ3n) is 3.28. The molecule has 2 aromatic carbocycles. The highest BCUT2D eigenvalue weighted by Crippen LogP contribution is 2.19. The molecule has 0 fully saturated rings. The van der Waals surface area contributed by atoms with Crippen molar-refractivity contribution >= 4 is 34.7 Å². The second-order valence-corrected chi connectivity index (χ2v) is 5.37. The van der Waals surface area contributed by atoms with Crippen molar-refractivity contribution in [2.75, 3.05) is 0 Å². The number of nitrogens with one attached hydrogen (secondary N) is 2. The first kappa shape index (κ1) is 15.8. The molecule has 24 heavy (non-hydrogen) atoms. The molecular formula is C17H12ClN3O3. The quantitative estimate of drug-likeness (QED) is 0.504. The van der Waals surface area contributed by atoms with E-state index in [-0.39, 0.29) is 16.9 Å². The highest BCUT2D eigenvalue weighted by Gasteiger charge is 2.10. The van der Waals surface area contributed by atoms with Gasteiger partial charge in [-0.05, 0) is 30.3 Å². The summed E-state index contributed by atoms with van der Waals surface area (Å²) >= 11 is 5.83. The lowest BCUT2D eigenvalue weighted by Crippen LogP contribution is -2.24. The van der Waals surface area contributed by atoms with E-state index in [4.69, 9.17) is 21.4 Å². The summed E-state index contributed by atoms with van der Waals surface area (Å²) in [6.45, 7) is 0. The maximum atomic E-state index is 12.2. The highest BCUT2D eigenvalue weighted by atomic mass is 35.5. The summed E-state index contributed by atoms with van der Waals surface area (Å²) in [5.74, 6) is -0.605. The number of carbonyl (C=O) groups is 1. The van der Waals surface area contributed by atoms with Crippen LogP contribution in [0, 0.1) is 5.41 Å². The molecule has 0 aliphatic heterocycles. The Kier molecular flexibility index (Phi) is 4.31. The Balaban J connectivity index is 1.82. The van der Waals surface area contributed by atoms with E-state index in [0.29, 0.717) is 21.6 Å². The molecule has 0 saturated carbocycles. The number of rotatable bonds is 3. The zero-order chi connectivity index (χ0) is 17.1. The number of fused-ring (bicyclic) bond motifs is 1. The van der Waals surface area contributed by atoms with Crippen molar-refractivity contribution in [2.24, 2.45) is 5.10 Å². The molecule has 1 amide bonds. The van der Waals surface area contributed by atoms with Crippen molar-refractivity contribution in [1.82, 2.24) is 5.43 Å². The van der Waals surface area contributed by atoms with Gasteiger partial charge in [0.25, 0.3) is 5.91 Å². The number of aromatic hydroxyl groups is 1. The molecule has 0 radical (unpaired) electrons. The zero-order valence-corrected chi connectivity index (χ0v) is 13.0. The molecule has 0 aliphatic carbocycles. The minimum absolute atomic E-state index is 0.0146. The van der Waals surface area contributed by atoms with E-state index in [1.807, 2.05) is 6.07 Å². The minimum Gasteiger partial charge on any atom is -0.507 e. The molecule has 0 bridgehead atoms. The van der Waals surface area contributed by atoms with E-state index in [1.54, 1.807) is 24.3 Å². The van der Waals surface area contributed by atoms with Crippen molar-refractivity contribution in [3.8, 4) is 5.75 Å². The van der Waals surface area contributed by atoms with Gasteiger partial charge in [-0.2, -0.15) is 5.10 Å². The van der Waals surface area contributed by atoms with Crippen LogP contribution >= 0.6 is 11.6 Å². The van der Waals surface area contributed by atoms with Gasteiger partial charge in [-0.25, -0.2) is 5.43 Å². The summed E-state index contributed by atoms with van der Waals surface area (Å²) in [4.78, 5) is 12.2. The Morgan fingerprint density at radius 1 is 1.25 bits per heavy atom. The molecule has 3 N–H and O–H groups in total. The predicted octanol–water partition coefficient (Wildman–Crippen LogP) is 3.04. The number of hydrazone groups is 1. The monoisotopic (exact) mass is 341 g/mol. The van der Waals surface area contributed by atoms with E-state index < -0.39 is 5.91 Å². The molecule has 120 valence electrons. The van der Waals surface area contributed by atoms with Gasteiger partial charge in [-0.3, -0.25) is 10.2 Å². The smallest absolute Gasteiger partial charge is 0.276 e. The summed E-state index contributed by atoms with van der Waals surface area (Å²) < 4.78 is 5.31. The molecule has 7 heteroatoms. The van der Waals surface area contributed by atoms with Gasteiger partial charge in [-0.1, -0.05) is 29.8 Å². The van der Waals surface area contributed by atoms with Crippen LogP contribution < -0.4 is 11.0 Å². The van der Waals surface area contributed by atoms with Crippen LogP contribution in [0.5, 0.6) is 5.75 Å². The maximum Gasteiger partial charge on any atom is 0.276 e. The Labute approximate surface area is 141 Å². The summed E-state index contributed by atoms with van der Waals surface area (Å²) in [5.41, 5.74) is 2.97. The number of amides is 1. The standard InChI is InChI=1S/C17H12ClN3O3/c18-12-5-6-14(22)11(7-12)9-20-21-17(23)13-8-10-3-1-2-4-15(10)24-16(13)19/h1-9,19,22H,(H,21,23). The third-order valence-corrected chi connectivity index (χ3v) is 3.51. The number of phenolic OH excluding ortho intramolecular Hbond substituents is 1. The van der Waals surface area contributed by atoms with E-state index in [2.05, 4.69) is 10.5 Å². The number of hydrogen-bond acceptors (Lipinski definition) is 5. The van der Waals surface area contributed by atoms with Crippen molar-refractivity contribution in [3.63, 3.8) is 0 Å². The van der Waals surface area contributed by atoms with Gasteiger partial charge < -0.3 is 9.52 Å². The van der Waals surface area contributed by atoms with Crippen LogP contribution in [0.25, 0.3) is 11.0 Å². The molecule has 6 nitrogen and oxygen atoms in total. The lowest BCUT2D eigenvalue weighted by atomic mass is 10.2. The minimum atomic E-state index is -0.590. The van der Waals surface area contributed by atoms with Crippen LogP contribution in [0.15, 0.2) is 58.0 Å². The molecule has 0 saturated heterocycles. The van der Waals surface area contributed by atoms with Gasteiger partial charge in [0.2, 0.25) is 5.55 Å². The lowest BCUT2D eigenvalue weighted by molar-refractivity contribution is 0.0951. The van der Waals surface area contributed by atoms with E-state index in [9.17, 15) is 9.90 Å². The van der Waals surface area contributed by atoms with Gasteiger partial charge in [0.1, 0.15) is 16.9 Å². The molecule has 3 rings (SSSR count). The molecule has 0 aliphatic rings. The predicted molar refractivity (Wildman–Crippen MR) is 90.2 cm³/mol. The van der Waals surface area contributed by atoms with E-state index >= 15 is 0 Å². The first-order valence-electron chi connectivity index (χ1n) is 6.94. The molecule has 3 aromatic rings. The topological polar surface area (TPSA) is 98.7 Å². The average Bonchev–Trinajstić information content (AvgIpc) is 2.57. The average molecular weight is 342 g/mol. The van der Waals surface area contributed by atoms with Gasteiger partial charge in [-0.15, -0.1) is 0 Å². The molecular weight excluding hydrogens is 330 g/mol. The van der Waals surface area contributed by atoms with Crippen molar-refractivity contribution in [1.29, 1.82) is 5.41 Å². The van der Waals surface area contributed by atoms with Crippen molar-refractivity contribution in [3.05, 3.63) is 70.2 Å². The van der Waals surface area contributed by atoms with Gasteiger partial charge in [0, 0.05) is 16.0 Å².